The van der Waals surface area contributed by atoms with Crippen LogP contribution in [0.4, 0.5) is 8.78 Å². The van der Waals surface area contributed by atoms with Crippen molar-refractivity contribution < 1.29 is 13.9 Å². The molecule has 66 valence electrons. The van der Waals surface area contributed by atoms with Gasteiger partial charge in [0.2, 0.25) is 0 Å². The Bertz CT molecular complexity index is 466. The SMILES string of the molecule is Oc1c(F)cc(F)c2ccccc12. The van der Waals surface area contributed by atoms with Crippen LogP contribution in [0.5, 0.6) is 5.75 Å². The van der Waals surface area contributed by atoms with Gasteiger partial charge in [0.1, 0.15) is 5.82 Å². The molecule has 0 aliphatic heterocycles. The number of hydrogen-bond donors (Lipinski definition) is 1. The Hall–Kier alpha value is -1.64. The summed E-state index contributed by atoms with van der Waals surface area (Å²) in [6.07, 6.45) is 0. The number of phenols is 1. The summed E-state index contributed by atoms with van der Waals surface area (Å²) in [5.74, 6) is -2.10. The van der Waals surface area contributed by atoms with Crippen molar-refractivity contribution in [1.29, 1.82) is 0 Å². The molecule has 0 amide bonds. The van der Waals surface area contributed by atoms with Crippen LogP contribution in [0.25, 0.3) is 10.8 Å². The predicted octanol–water partition coefficient (Wildman–Crippen LogP) is 2.82. The molecule has 0 aliphatic carbocycles. The summed E-state index contributed by atoms with van der Waals surface area (Å²) in [6, 6.07) is 6.88. The Kier molecular flexibility index (Phi) is 1.65. The van der Waals surface area contributed by atoms with Crippen molar-refractivity contribution in [2.45, 2.75) is 0 Å². The molecule has 0 bridgehead atoms. The van der Waals surface area contributed by atoms with Gasteiger partial charge in [0.25, 0.3) is 0 Å². The van der Waals surface area contributed by atoms with E-state index < -0.39 is 17.4 Å². The van der Waals surface area contributed by atoms with Crippen molar-refractivity contribution >= 4 is 10.8 Å². The molecule has 2 aromatic rings. The van der Waals surface area contributed by atoms with Crippen molar-refractivity contribution in [3.63, 3.8) is 0 Å². The molecule has 0 unspecified atom stereocenters. The molecule has 0 atom stereocenters. The van der Waals surface area contributed by atoms with E-state index >= 15 is 0 Å². The van der Waals surface area contributed by atoms with Gasteiger partial charge in [0, 0.05) is 16.8 Å². The lowest BCUT2D eigenvalue weighted by Crippen LogP contribution is -1.84. The molecular weight excluding hydrogens is 174 g/mol. The lowest BCUT2D eigenvalue weighted by atomic mass is 10.1. The zero-order valence-electron chi connectivity index (χ0n) is 6.59. The van der Waals surface area contributed by atoms with Gasteiger partial charge in [-0.2, -0.15) is 0 Å². The number of phenolic OH excluding ortho intramolecular Hbond substituents is 1. The topological polar surface area (TPSA) is 20.2 Å². The maximum Gasteiger partial charge on any atom is 0.168 e. The number of benzene rings is 2. The predicted molar refractivity (Wildman–Crippen MR) is 45.5 cm³/mol. The molecule has 0 spiro atoms. The van der Waals surface area contributed by atoms with E-state index in [1.807, 2.05) is 0 Å². The fraction of sp³-hybridized carbons (Fsp3) is 0. The van der Waals surface area contributed by atoms with Crippen LogP contribution in [0.1, 0.15) is 0 Å². The first kappa shape index (κ1) is 7.98. The van der Waals surface area contributed by atoms with Gasteiger partial charge in [-0.3, -0.25) is 0 Å². The molecule has 13 heavy (non-hydrogen) atoms. The van der Waals surface area contributed by atoms with Crippen molar-refractivity contribution in [2.24, 2.45) is 0 Å². The fourth-order valence-electron chi connectivity index (χ4n) is 1.28. The first-order valence-corrected chi connectivity index (χ1v) is 3.76. The van der Waals surface area contributed by atoms with Gasteiger partial charge in [-0.1, -0.05) is 24.3 Å². The molecule has 2 aromatic carbocycles. The first-order chi connectivity index (χ1) is 6.20. The summed E-state index contributed by atoms with van der Waals surface area (Å²) in [5.41, 5.74) is 0. The maximum absolute atomic E-state index is 13.1. The third kappa shape index (κ3) is 1.13. The van der Waals surface area contributed by atoms with Crippen LogP contribution in [-0.2, 0) is 0 Å². The summed E-state index contributed by atoms with van der Waals surface area (Å²) in [5, 5.41) is 9.66. The van der Waals surface area contributed by atoms with Gasteiger partial charge in [0.15, 0.2) is 11.6 Å². The number of hydrogen-bond acceptors (Lipinski definition) is 1. The van der Waals surface area contributed by atoms with Gasteiger partial charge in [-0.25, -0.2) is 8.78 Å². The summed E-state index contributed by atoms with van der Waals surface area (Å²) < 4.78 is 25.9. The molecule has 0 radical (unpaired) electrons. The Morgan fingerprint density at radius 1 is 0.923 bits per heavy atom. The summed E-state index contributed by atoms with van der Waals surface area (Å²) in [4.78, 5) is 0. The highest BCUT2D eigenvalue weighted by atomic mass is 19.1. The first-order valence-electron chi connectivity index (χ1n) is 3.76. The molecule has 0 saturated heterocycles. The highest BCUT2D eigenvalue weighted by Gasteiger charge is 2.09. The third-order valence-electron chi connectivity index (χ3n) is 1.92. The van der Waals surface area contributed by atoms with Crippen LogP contribution in [0.15, 0.2) is 30.3 Å². The standard InChI is InChI=1S/C10H6F2O/c11-8-5-9(12)10(13)7-4-2-1-3-6(7)8/h1-5,13H. The van der Waals surface area contributed by atoms with Gasteiger partial charge in [-0.05, 0) is 0 Å². The quantitative estimate of drug-likeness (QED) is 0.660. The van der Waals surface area contributed by atoms with E-state index in [9.17, 15) is 13.9 Å². The molecule has 0 heterocycles. The number of halogens is 2. The molecule has 0 aliphatic rings. The summed E-state index contributed by atoms with van der Waals surface area (Å²) in [6.45, 7) is 0. The monoisotopic (exact) mass is 180 g/mol. The van der Waals surface area contributed by atoms with Crippen LogP contribution in [0.3, 0.4) is 0 Å². The minimum atomic E-state index is -0.934. The van der Waals surface area contributed by atoms with Crippen molar-refractivity contribution in [2.75, 3.05) is 0 Å². The van der Waals surface area contributed by atoms with E-state index in [2.05, 4.69) is 0 Å². The molecule has 0 fully saturated rings. The Labute approximate surface area is 73.2 Å². The molecular formula is C10H6F2O. The van der Waals surface area contributed by atoms with E-state index in [4.69, 9.17) is 0 Å². The molecule has 1 N–H and O–H groups in total. The highest BCUT2D eigenvalue weighted by molar-refractivity contribution is 5.88. The van der Waals surface area contributed by atoms with Gasteiger partial charge >= 0.3 is 0 Å². The Morgan fingerprint density at radius 3 is 2.23 bits per heavy atom. The Balaban J connectivity index is 2.97. The molecule has 0 saturated carbocycles. The van der Waals surface area contributed by atoms with Crippen LogP contribution in [-0.4, -0.2) is 5.11 Å². The van der Waals surface area contributed by atoms with Crippen molar-refractivity contribution in [3.05, 3.63) is 42.0 Å². The maximum atomic E-state index is 13.1. The van der Waals surface area contributed by atoms with Crippen LogP contribution >= 0.6 is 0 Å². The summed E-state index contributed by atoms with van der Waals surface area (Å²) in [7, 11) is 0. The molecule has 0 aromatic heterocycles. The smallest absolute Gasteiger partial charge is 0.168 e. The molecule has 1 nitrogen and oxygen atoms in total. The average Bonchev–Trinajstić information content (AvgIpc) is 2.15. The lowest BCUT2D eigenvalue weighted by molar-refractivity contribution is 0.435. The fourth-order valence-corrected chi connectivity index (χ4v) is 1.28. The zero-order valence-corrected chi connectivity index (χ0v) is 6.59. The highest BCUT2D eigenvalue weighted by Crippen LogP contribution is 2.29. The van der Waals surface area contributed by atoms with Gasteiger partial charge in [-0.15, -0.1) is 0 Å². The number of fused-ring (bicyclic) bond motifs is 1. The van der Waals surface area contributed by atoms with E-state index in [0.717, 1.165) is 0 Å². The second-order valence-electron chi connectivity index (χ2n) is 2.73. The van der Waals surface area contributed by atoms with Crippen LogP contribution in [0, 0.1) is 11.6 Å². The second-order valence-corrected chi connectivity index (χ2v) is 2.73. The minimum Gasteiger partial charge on any atom is -0.504 e. The lowest BCUT2D eigenvalue weighted by Gasteiger charge is -2.02. The van der Waals surface area contributed by atoms with Crippen LogP contribution < -0.4 is 0 Å². The minimum absolute atomic E-state index is 0.194. The van der Waals surface area contributed by atoms with E-state index in [1.54, 1.807) is 12.1 Å². The largest absolute Gasteiger partial charge is 0.504 e. The van der Waals surface area contributed by atoms with E-state index in [1.165, 1.54) is 12.1 Å². The summed E-state index contributed by atoms with van der Waals surface area (Å²) >= 11 is 0. The van der Waals surface area contributed by atoms with E-state index in [0.29, 0.717) is 6.07 Å². The third-order valence-corrected chi connectivity index (χ3v) is 1.92. The average molecular weight is 180 g/mol. The normalized spacial score (nSPS) is 10.6. The van der Waals surface area contributed by atoms with Crippen molar-refractivity contribution in [1.82, 2.24) is 0 Å². The molecule has 2 rings (SSSR count). The molecule has 3 heteroatoms. The van der Waals surface area contributed by atoms with Crippen molar-refractivity contribution in [3.8, 4) is 5.75 Å². The van der Waals surface area contributed by atoms with Gasteiger partial charge in [0.05, 0.1) is 0 Å². The van der Waals surface area contributed by atoms with Crippen LogP contribution in [0.2, 0.25) is 0 Å². The zero-order chi connectivity index (χ0) is 9.42. The Morgan fingerprint density at radius 2 is 1.54 bits per heavy atom. The number of aromatic hydroxyl groups is 1. The number of rotatable bonds is 0. The second kappa shape index (κ2) is 2.69. The van der Waals surface area contributed by atoms with E-state index in [-0.39, 0.29) is 10.8 Å². The van der Waals surface area contributed by atoms with Gasteiger partial charge < -0.3 is 5.11 Å².